The number of rotatable bonds is 11. The molecule has 16 heteroatoms. The third kappa shape index (κ3) is 9.07. The van der Waals surface area contributed by atoms with Crippen molar-refractivity contribution in [1.82, 2.24) is 25.1 Å². The zero-order valence-corrected chi connectivity index (χ0v) is 35.1. The van der Waals surface area contributed by atoms with Gasteiger partial charge in [0, 0.05) is 53.6 Å². The van der Waals surface area contributed by atoms with Crippen LogP contribution in [0.4, 0.5) is 24.5 Å². The molecular formula is C45H50F3N7O5S. The molecule has 12 nitrogen and oxygen atoms in total. The van der Waals surface area contributed by atoms with Gasteiger partial charge in [0.2, 0.25) is 11.8 Å². The predicted octanol–water partition coefficient (Wildman–Crippen LogP) is 7.91. The highest BCUT2D eigenvalue weighted by atomic mass is 32.1. The summed E-state index contributed by atoms with van der Waals surface area (Å²) in [4.78, 5) is 63.5. The molecule has 0 radical (unpaired) electrons. The summed E-state index contributed by atoms with van der Waals surface area (Å²) in [5, 5.41) is 20.5. The number of aromatic nitrogens is 2. The Bertz CT molecular complexity index is 2380. The number of nitrogens with zero attached hydrogens (tertiary/aromatic N) is 4. The van der Waals surface area contributed by atoms with E-state index in [0.717, 1.165) is 98.7 Å². The van der Waals surface area contributed by atoms with Gasteiger partial charge in [0.15, 0.2) is 0 Å². The third-order valence-corrected chi connectivity index (χ3v) is 13.8. The van der Waals surface area contributed by atoms with Crippen molar-refractivity contribution < 1.29 is 37.5 Å². The van der Waals surface area contributed by atoms with Crippen molar-refractivity contribution in [2.75, 3.05) is 36.8 Å². The van der Waals surface area contributed by atoms with E-state index in [0.29, 0.717) is 51.3 Å². The van der Waals surface area contributed by atoms with E-state index in [1.807, 2.05) is 18.2 Å². The van der Waals surface area contributed by atoms with E-state index in [1.54, 1.807) is 37.3 Å². The van der Waals surface area contributed by atoms with Crippen LogP contribution in [0.2, 0.25) is 0 Å². The molecule has 5 heterocycles. The Morgan fingerprint density at radius 3 is 2.39 bits per heavy atom. The van der Waals surface area contributed by atoms with Crippen molar-refractivity contribution >= 4 is 62.3 Å². The smallest absolute Gasteiger partial charge is 0.386 e. The Labute approximate surface area is 356 Å². The van der Waals surface area contributed by atoms with Crippen LogP contribution in [0.3, 0.4) is 0 Å². The summed E-state index contributed by atoms with van der Waals surface area (Å²) in [5.41, 5.74) is 0.960. The van der Waals surface area contributed by atoms with Gasteiger partial charge in [-0.15, -0.1) is 11.3 Å². The molecule has 4 aliphatic rings. The number of halogens is 3. The second-order valence-corrected chi connectivity index (χ2v) is 18.4. The van der Waals surface area contributed by atoms with Crippen LogP contribution in [-0.4, -0.2) is 80.7 Å². The lowest BCUT2D eigenvalue weighted by atomic mass is 9.81. The molecule has 4 aromatic rings. The van der Waals surface area contributed by atoms with E-state index in [1.165, 1.54) is 11.0 Å². The predicted molar refractivity (Wildman–Crippen MR) is 227 cm³/mol. The van der Waals surface area contributed by atoms with Crippen molar-refractivity contribution in [2.45, 2.75) is 95.4 Å². The zero-order valence-electron chi connectivity index (χ0n) is 34.2. The van der Waals surface area contributed by atoms with Crippen LogP contribution in [0.5, 0.6) is 0 Å². The van der Waals surface area contributed by atoms with Crippen LogP contribution in [0, 0.1) is 11.8 Å². The highest BCUT2D eigenvalue weighted by molar-refractivity contribution is 7.18. The van der Waals surface area contributed by atoms with E-state index in [9.17, 15) is 37.5 Å². The van der Waals surface area contributed by atoms with E-state index >= 15 is 0 Å². The van der Waals surface area contributed by atoms with Gasteiger partial charge in [0.1, 0.15) is 17.4 Å². The number of carbonyl (C=O) groups is 4. The Morgan fingerprint density at radius 1 is 0.951 bits per heavy atom. The second-order valence-electron chi connectivity index (χ2n) is 17.3. The topological polar surface area (TPSA) is 157 Å². The lowest BCUT2D eigenvalue weighted by Gasteiger charge is -2.36. The molecule has 322 valence electrons. The average molecular weight is 858 g/mol. The molecule has 2 saturated heterocycles. The quantitative estimate of drug-likeness (QED) is 0.110. The molecule has 3 fully saturated rings. The van der Waals surface area contributed by atoms with Crippen molar-refractivity contribution in [1.29, 1.82) is 0 Å². The molecule has 2 aromatic heterocycles. The van der Waals surface area contributed by atoms with Crippen LogP contribution >= 0.6 is 11.3 Å². The number of hydrogen-bond donors (Lipinski definition) is 4. The number of aliphatic hydroxyl groups is 1. The first-order valence-electron chi connectivity index (χ1n) is 21.0. The third-order valence-electron chi connectivity index (χ3n) is 12.6. The first kappa shape index (κ1) is 42.5. The fourth-order valence-corrected chi connectivity index (χ4v) is 10.5. The van der Waals surface area contributed by atoms with Crippen LogP contribution in [0.15, 0.2) is 55.1 Å². The van der Waals surface area contributed by atoms with Gasteiger partial charge < -0.3 is 20.6 Å². The van der Waals surface area contributed by atoms with Gasteiger partial charge >= 0.3 is 6.18 Å². The summed E-state index contributed by atoms with van der Waals surface area (Å²) in [6.07, 6.45) is 3.19. The summed E-state index contributed by atoms with van der Waals surface area (Å²) in [6, 6.07) is 11.5. The lowest BCUT2D eigenvalue weighted by Crippen LogP contribution is -2.52. The minimum atomic E-state index is -4.69. The first-order chi connectivity index (χ1) is 29.0. The van der Waals surface area contributed by atoms with Crippen molar-refractivity contribution in [3.63, 3.8) is 0 Å². The molecule has 3 aliphatic heterocycles. The highest BCUT2D eigenvalue weighted by Gasteiger charge is 2.42. The summed E-state index contributed by atoms with van der Waals surface area (Å²) in [7, 11) is 0. The van der Waals surface area contributed by atoms with Crippen molar-refractivity contribution in [3.05, 3.63) is 88.2 Å². The molecule has 4 amide bonds. The van der Waals surface area contributed by atoms with Crippen LogP contribution in [0.25, 0.3) is 15.9 Å². The number of benzene rings is 2. The normalized spacial score (nSPS) is 21.8. The Hall–Kier alpha value is -5.19. The van der Waals surface area contributed by atoms with Gasteiger partial charge in [0.25, 0.3) is 11.8 Å². The summed E-state index contributed by atoms with van der Waals surface area (Å²) in [5.74, 6) is -0.398. The fourth-order valence-electron chi connectivity index (χ4n) is 9.31. The van der Waals surface area contributed by atoms with Crippen LogP contribution in [-0.2, 0) is 21.4 Å². The fraction of sp³-hybridized carbons (Fsp3) is 0.467. The maximum absolute atomic E-state index is 13.6. The van der Waals surface area contributed by atoms with Gasteiger partial charge in [-0.25, -0.2) is 9.97 Å². The molecule has 0 bridgehead atoms. The van der Waals surface area contributed by atoms with Gasteiger partial charge in [-0.05, 0) is 120 Å². The number of nitrogens with one attached hydrogen (secondary N) is 3. The number of carbonyl (C=O) groups excluding carboxylic acids is 4. The molecule has 2 aromatic carbocycles. The molecular weight excluding hydrogens is 808 g/mol. The number of fused-ring (bicyclic) bond motifs is 2. The number of amides is 4. The monoisotopic (exact) mass is 857 g/mol. The number of hydrogen-bond acceptors (Lipinski definition) is 10. The molecule has 0 spiro atoms. The number of imide groups is 1. The highest BCUT2D eigenvalue weighted by Crippen LogP contribution is 2.43. The Morgan fingerprint density at radius 2 is 1.69 bits per heavy atom. The minimum absolute atomic E-state index is 0.182. The average Bonchev–Trinajstić information content (AvgIpc) is 3.75. The lowest BCUT2D eigenvalue weighted by molar-refractivity contribution is -0.141. The molecule has 1 aliphatic carbocycles. The largest absolute Gasteiger partial charge is 0.433 e. The first-order valence-corrected chi connectivity index (χ1v) is 21.8. The molecule has 1 saturated carbocycles. The summed E-state index contributed by atoms with van der Waals surface area (Å²) < 4.78 is 40.6. The minimum Gasteiger partial charge on any atom is -0.386 e. The van der Waals surface area contributed by atoms with Gasteiger partial charge in [-0.3, -0.25) is 29.4 Å². The second kappa shape index (κ2) is 16.9. The molecule has 1 unspecified atom stereocenters. The number of alkyl halides is 3. The summed E-state index contributed by atoms with van der Waals surface area (Å²) >= 11 is 1.55. The number of pyridine rings is 1. The number of piperidine rings is 2. The van der Waals surface area contributed by atoms with Gasteiger partial charge in [-0.2, -0.15) is 13.2 Å². The standard InChI is InChI=1S/C45H50F3N7O5S/c1-25-29-6-4-7-31(39(29)43(59)55(25)35-14-15-38(56)53-41(35)58)49-19-16-26-17-20-54(21-18-26)24-27-10-12-28(13-11-27)42-52-34-22-30(44(2,3)60)33(23-36(34)61-42)51-40(57)32-8-5-9-37(50-32)45(46,47)48/h4-9,22-23,26-28,35,49,60H,1,10-21,24H2,2-3H3,(H,51,57)(H,53,56,58). The van der Waals surface area contributed by atoms with Crippen molar-refractivity contribution in [2.24, 2.45) is 11.8 Å². The van der Waals surface area contributed by atoms with Crippen LogP contribution in [0.1, 0.15) is 120 Å². The van der Waals surface area contributed by atoms with E-state index < -0.39 is 35.3 Å². The zero-order chi connectivity index (χ0) is 43.2. The Kier molecular flexibility index (Phi) is 11.8. The van der Waals surface area contributed by atoms with E-state index in [4.69, 9.17) is 4.98 Å². The van der Waals surface area contributed by atoms with E-state index in [-0.39, 0.29) is 30.3 Å². The summed E-state index contributed by atoms with van der Waals surface area (Å²) in [6.45, 7) is 11.2. The maximum Gasteiger partial charge on any atom is 0.433 e. The molecule has 4 N–H and O–H groups in total. The van der Waals surface area contributed by atoms with Gasteiger partial charge in [-0.1, -0.05) is 24.8 Å². The number of anilines is 2. The van der Waals surface area contributed by atoms with Gasteiger partial charge in [0.05, 0.1) is 26.4 Å². The number of thiazole rings is 1. The molecule has 1 atom stereocenters. The maximum atomic E-state index is 13.6. The SMILES string of the molecule is C=C1c2cccc(NCCC3CCN(CC4CCC(c5nc6cc(C(C)(C)O)c(NC(=O)c7cccc(C(F)(F)F)n7)cc6s5)CC4)CC3)c2C(=O)N1C1CCC(=O)NC1=O. The number of likely N-dealkylation sites (tertiary alicyclic amines) is 1. The Balaban J connectivity index is 0.811. The molecule has 61 heavy (non-hydrogen) atoms. The van der Waals surface area contributed by atoms with Crippen molar-refractivity contribution in [3.8, 4) is 0 Å². The van der Waals surface area contributed by atoms with E-state index in [2.05, 4.69) is 32.4 Å². The molecule has 8 rings (SSSR count). The van der Waals surface area contributed by atoms with Crippen LogP contribution < -0.4 is 16.0 Å².